The molecule has 2 heterocycles. The molecule has 1 unspecified atom stereocenters. The van der Waals surface area contributed by atoms with Crippen molar-refractivity contribution in [2.75, 3.05) is 6.54 Å². The highest BCUT2D eigenvalue weighted by Crippen LogP contribution is 2.14. The zero-order valence-corrected chi connectivity index (χ0v) is 14.1. The molecule has 132 valence electrons. The summed E-state index contributed by atoms with van der Waals surface area (Å²) in [5.41, 5.74) is 2.48. The van der Waals surface area contributed by atoms with Gasteiger partial charge in [-0.2, -0.15) is 0 Å². The summed E-state index contributed by atoms with van der Waals surface area (Å²) >= 11 is 0. The van der Waals surface area contributed by atoms with Crippen LogP contribution in [0.15, 0.2) is 29.5 Å². The van der Waals surface area contributed by atoms with Gasteiger partial charge < -0.3 is 20.9 Å². The number of benzene rings is 1. The van der Waals surface area contributed by atoms with Gasteiger partial charge in [-0.05, 0) is 38.5 Å². The number of urea groups is 1. The zero-order chi connectivity index (χ0) is 18.0. The number of aromatic nitrogens is 2. The predicted octanol–water partition coefficient (Wildman–Crippen LogP) is 1.73. The van der Waals surface area contributed by atoms with Gasteiger partial charge in [-0.25, -0.2) is 14.2 Å². The number of nitrogens with zero attached hydrogens (tertiary/aromatic N) is 1. The summed E-state index contributed by atoms with van der Waals surface area (Å²) in [6, 6.07) is 3.78. The van der Waals surface area contributed by atoms with Crippen LogP contribution in [-0.4, -0.2) is 34.5 Å². The highest BCUT2D eigenvalue weighted by molar-refractivity contribution is 5.98. The number of carbonyl (C=O) groups excluding carboxylic acids is 2. The van der Waals surface area contributed by atoms with Gasteiger partial charge in [0.2, 0.25) is 0 Å². The molecular weight excluding hydrogens is 325 g/mol. The lowest BCUT2D eigenvalue weighted by atomic mass is 10.0. The Bertz CT molecular complexity index is 858. The van der Waals surface area contributed by atoms with E-state index < -0.39 is 0 Å². The molecule has 7 nitrogen and oxygen atoms in total. The summed E-state index contributed by atoms with van der Waals surface area (Å²) in [6.07, 6.45) is 1.33. The van der Waals surface area contributed by atoms with Gasteiger partial charge in [0.15, 0.2) is 0 Å². The molecule has 0 radical (unpaired) electrons. The van der Waals surface area contributed by atoms with E-state index in [1.54, 1.807) is 19.9 Å². The van der Waals surface area contributed by atoms with E-state index in [4.69, 9.17) is 0 Å². The number of aryl methyl sites for hydroxylation is 1. The minimum atomic E-state index is -0.334. The maximum Gasteiger partial charge on any atom is 0.319 e. The Kier molecular flexibility index (Phi) is 4.69. The second-order valence-corrected chi connectivity index (χ2v) is 6.06. The van der Waals surface area contributed by atoms with Crippen molar-refractivity contribution < 1.29 is 14.0 Å². The number of imidazole rings is 1. The summed E-state index contributed by atoms with van der Waals surface area (Å²) in [4.78, 5) is 31.1. The van der Waals surface area contributed by atoms with E-state index in [1.807, 2.05) is 0 Å². The zero-order valence-electron chi connectivity index (χ0n) is 14.1. The summed E-state index contributed by atoms with van der Waals surface area (Å²) in [5.74, 6) is 0.246. The standard InChI is InChI=1S/C17H20FN5O2/c1-9-15(10(2)21-17(25)20-9)16(24)19-7-3-4-14-22-12-6-5-11(18)8-13(12)23-14/h5-6,8-9H,3-4,7H2,1-2H3,(H,19,24)(H,22,23)(H2,20,21,25). The van der Waals surface area contributed by atoms with Crippen molar-refractivity contribution in [3.63, 3.8) is 0 Å². The van der Waals surface area contributed by atoms with Gasteiger partial charge in [-0.1, -0.05) is 0 Å². The summed E-state index contributed by atoms with van der Waals surface area (Å²) in [7, 11) is 0. The van der Waals surface area contributed by atoms with Gasteiger partial charge in [0.05, 0.1) is 22.6 Å². The molecule has 3 rings (SSSR count). The SMILES string of the molecule is CC1=C(C(=O)NCCCc2nc3ccc(F)cc3[nH]2)C(C)NC(=O)N1. The molecule has 1 atom stereocenters. The first-order valence-corrected chi connectivity index (χ1v) is 8.14. The Morgan fingerprint density at radius 3 is 2.96 bits per heavy atom. The van der Waals surface area contributed by atoms with Crippen LogP contribution in [0.4, 0.5) is 9.18 Å². The molecule has 1 aromatic heterocycles. The molecule has 0 saturated carbocycles. The van der Waals surface area contributed by atoms with Crippen LogP contribution in [0.3, 0.4) is 0 Å². The number of nitrogens with one attached hydrogen (secondary N) is 4. The topological polar surface area (TPSA) is 98.9 Å². The normalized spacial score (nSPS) is 17.4. The highest BCUT2D eigenvalue weighted by atomic mass is 19.1. The first kappa shape index (κ1) is 16.9. The van der Waals surface area contributed by atoms with Crippen LogP contribution in [0.1, 0.15) is 26.1 Å². The Morgan fingerprint density at radius 2 is 2.20 bits per heavy atom. The molecule has 2 aromatic rings. The maximum absolute atomic E-state index is 13.2. The van der Waals surface area contributed by atoms with E-state index in [0.717, 1.165) is 11.3 Å². The summed E-state index contributed by atoms with van der Waals surface area (Å²) in [5, 5.41) is 8.11. The number of H-pyrrole nitrogens is 1. The van der Waals surface area contributed by atoms with E-state index in [2.05, 4.69) is 25.9 Å². The number of carbonyl (C=O) groups is 2. The second-order valence-electron chi connectivity index (χ2n) is 6.06. The van der Waals surface area contributed by atoms with Crippen LogP contribution in [-0.2, 0) is 11.2 Å². The molecule has 3 amide bonds. The molecular formula is C17H20FN5O2. The van der Waals surface area contributed by atoms with Crippen molar-refractivity contribution in [1.82, 2.24) is 25.9 Å². The Morgan fingerprint density at radius 1 is 1.40 bits per heavy atom. The average molecular weight is 345 g/mol. The monoisotopic (exact) mass is 345 g/mol. The molecule has 1 aromatic carbocycles. The molecule has 0 aliphatic carbocycles. The third-order valence-corrected chi connectivity index (χ3v) is 4.10. The minimum Gasteiger partial charge on any atom is -0.352 e. The number of hydrogen-bond acceptors (Lipinski definition) is 3. The van der Waals surface area contributed by atoms with Gasteiger partial charge in [-0.3, -0.25) is 4.79 Å². The average Bonchev–Trinajstić information content (AvgIpc) is 2.92. The largest absolute Gasteiger partial charge is 0.352 e. The van der Waals surface area contributed by atoms with E-state index in [0.29, 0.717) is 36.2 Å². The molecule has 8 heteroatoms. The first-order valence-electron chi connectivity index (χ1n) is 8.14. The Hall–Kier alpha value is -2.90. The Labute approximate surface area is 144 Å². The molecule has 0 spiro atoms. The van der Waals surface area contributed by atoms with Crippen molar-refractivity contribution >= 4 is 23.0 Å². The van der Waals surface area contributed by atoms with E-state index in [1.165, 1.54) is 12.1 Å². The molecule has 0 fully saturated rings. The maximum atomic E-state index is 13.2. The quantitative estimate of drug-likeness (QED) is 0.621. The van der Waals surface area contributed by atoms with Crippen LogP contribution in [0.25, 0.3) is 11.0 Å². The predicted molar refractivity (Wildman–Crippen MR) is 91.2 cm³/mol. The minimum absolute atomic E-state index is 0.204. The van der Waals surface area contributed by atoms with Crippen LogP contribution in [0, 0.1) is 5.82 Å². The van der Waals surface area contributed by atoms with Gasteiger partial charge in [0, 0.05) is 18.7 Å². The number of rotatable bonds is 5. The van der Waals surface area contributed by atoms with Crippen molar-refractivity contribution in [2.24, 2.45) is 0 Å². The fraction of sp³-hybridized carbons (Fsp3) is 0.353. The smallest absolute Gasteiger partial charge is 0.319 e. The van der Waals surface area contributed by atoms with Crippen LogP contribution >= 0.6 is 0 Å². The lowest BCUT2D eigenvalue weighted by Gasteiger charge is -2.25. The number of hydrogen-bond donors (Lipinski definition) is 4. The van der Waals surface area contributed by atoms with Crippen LogP contribution < -0.4 is 16.0 Å². The number of amides is 3. The fourth-order valence-electron chi connectivity index (χ4n) is 2.94. The van der Waals surface area contributed by atoms with E-state index in [-0.39, 0.29) is 23.8 Å². The number of aromatic amines is 1. The van der Waals surface area contributed by atoms with Crippen molar-refractivity contribution in [3.05, 3.63) is 41.1 Å². The summed E-state index contributed by atoms with van der Waals surface area (Å²) < 4.78 is 13.2. The number of halogens is 1. The van der Waals surface area contributed by atoms with Crippen molar-refractivity contribution in [1.29, 1.82) is 0 Å². The van der Waals surface area contributed by atoms with Gasteiger partial charge in [0.1, 0.15) is 11.6 Å². The van der Waals surface area contributed by atoms with Crippen LogP contribution in [0.5, 0.6) is 0 Å². The lowest BCUT2D eigenvalue weighted by molar-refractivity contribution is -0.117. The van der Waals surface area contributed by atoms with Crippen molar-refractivity contribution in [3.8, 4) is 0 Å². The fourth-order valence-corrected chi connectivity index (χ4v) is 2.94. The first-order chi connectivity index (χ1) is 11.9. The molecule has 1 aliphatic rings. The molecule has 0 saturated heterocycles. The molecule has 0 bridgehead atoms. The number of allylic oxidation sites excluding steroid dienone is 1. The molecule has 1 aliphatic heterocycles. The van der Waals surface area contributed by atoms with Crippen molar-refractivity contribution in [2.45, 2.75) is 32.7 Å². The van der Waals surface area contributed by atoms with E-state index >= 15 is 0 Å². The third-order valence-electron chi connectivity index (χ3n) is 4.10. The lowest BCUT2D eigenvalue weighted by Crippen LogP contribution is -2.50. The Balaban J connectivity index is 1.53. The van der Waals surface area contributed by atoms with Gasteiger partial charge in [-0.15, -0.1) is 0 Å². The molecule has 4 N–H and O–H groups in total. The van der Waals surface area contributed by atoms with Gasteiger partial charge >= 0.3 is 6.03 Å². The summed E-state index contributed by atoms with van der Waals surface area (Å²) in [6.45, 7) is 3.95. The second kappa shape index (κ2) is 6.92. The number of fused-ring (bicyclic) bond motifs is 1. The van der Waals surface area contributed by atoms with E-state index in [9.17, 15) is 14.0 Å². The third kappa shape index (κ3) is 3.78. The van der Waals surface area contributed by atoms with Gasteiger partial charge in [0.25, 0.3) is 5.91 Å². The van der Waals surface area contributed by atoms with Crippen LogP contribution in [0.2, 0.25) is 0 Å². The highest BCUT2D eigenvalue weighted by Gasteiger charge is 2.26. The molecule has 25 heavy (non-hydrogen) atoms.